The van der Waals surface area contributed by atoms with Crippen LogP contribution in [-0.2, 0) is 33.2 Å². The summed E-state index contributed by atoms with van der Waals surface area (Å²) in [6.07, 6.45) is 5.89. The van der Waals surface area contributed by atoms with Gasteiger partial charge in [-0.1, -0.05) is 99.6 Å². The predicted molar refractivity (Wildman–Crippen MR) is 240 cm³/mol. The SMILES string of the molecule is CC/C=C\C/C=C\C/C=C\C/C=C\C/C=C\CCCC(=O)NC(COC1OC(CO)C(OC2OC(CO)C(OC3OC(CO)C(O)C(O)C3O)C(O)C2O)C(O)C1O)C(O)/C=C/CCCC. The van der Waals surface area contributed by atoms with Crippen molar-refractivity contribution in [2.24, 2.45) is 0 Å². The fourth-order valence-corrected chi connectivity index (χ4v) is 7.32. The van der Waals surface area contributed by atoms with Crippen LogP contribution in [-0.4, -0.2) is 193 Å². The third-order valence-electron chi connectivity index (χ3n) is 11.3. The number of nitrogens with one attached hydrogen (secondary N) is 1. The van der Waals surface area contributed by atoms with E-state index >= 15 is 0 Å². The van der Waals surface area contributed by atoms with Crippen molar-refractivity contribution < 1.29 is 89.4 Å². The number of hydrogen-bond donors (Lipinski definition) is 12. The van der Waals surface area contributed by atoms with Gasteiger partial charge in [-0.15, -0.1) is 0 Å². The molecule has 3 aliphatic rings. The summed E-state index contributed by atoms with van der Waals surface area (Å²) < 4.78 is 33.8. The lowest BCUT2D eigenvalue weighted by Gasteiger charge is -2.48. The molecular formula is C47H77NO18. The monoisotopic (exact) mass is 944 g/mol. The van der Waals surface area contributed by atoms with Crippen LogP contribution < -0.4 is 5.32 Å². The number of ether oxygens (including phenoxy) is 6. The first kappa shape index (κ1) is 57.5. The van der Waals surface area contributed by atoms with Gasteiger partial charge in [-0.05, 0) is 51.4 Å². The highest BCUT2D eigenvalue weighted by Crippen LogP contribution is 2.33. The van der Waals surface area contributed by atoms with Crippen molar-refractivity contribution >= 4 is 5.91 Å². The van der Waals surface area contributed by atoms with E-state index < -0.39 is 124 Å². The molecule has 3 fully saturated rings. The van der Waals surface area contributed by atoms with Crippen molar-refractivity contribution in [2.45, 2.75) is 189 Å². The summed E-state index contributed by atoms with van der Waals surface area (Å²) >= 11 is 0. The maximum Gasteiger partial charge on any atom is 0.220 e. The van der Waals surface area contributed by atoms with Crippen LogP contribution in [0, 0.1) is 0 Å². The predicted octanol–water partition coefficient (Wildman–Crippen LogP) is -0.0349. The molecule has 0 aromatic carbocycles. The van der Waals surface area contributed by atoms with E-state index in [9.17, 15) is 61.0 Å². The Balaban J connectivity index is 1.53. The summed E-state index contributed by atoms with van der Waals surface area (Å²) in [5.41, 5.74) is 0. The second-order valence-corrected chi connectivity index (χ2v) is 16.5. The number of aliphatic hydroxyl groups excluding tert-OH is 11. The topological polar surface area (TPSA) is 307 Å². The number of aliphatic hydroxyl groups is 11. The Labute approximate surface area is 388 Å². The van der Waals surface area contributed by atoms with Gasteiger partial charge in [0, 0.05) is 6.42 Å². The molecule has 19 heteroatoms. The Kier molecular flexibility index (Phi) is 28.0. The highest BCUT2D eigenvalue weighted by Gasteiger charge is 2.53. The van der Waals surface area contributed by atoms with Crippen LogP contribution in [0.4, 0.5) is 0 Å². The van der Waals surface area contributed by atoms with E-state index in [-0.39, 0.29) is 18.9 Å². The van der Waals surface area contributed by atoms with Crippen molar-refractivity contribution in [2.75, 3.05) is 26.4 Å². The number of amides is 1. The minimum absolute atomic E-state index is 0.158. The van der Waals surface area contributed by atoms with Gasteiger partial charge in [-0.25, -0.2) is 0 Å². The Morgan fingerprint density at radius 3 is 1.53 bits per heavy atom. The van der Waals surface area contributed by atoms with Gasteiger partial charge in [0.2, 0.25) is 5.91 Å². The Morgan fingerprint density at radius 1 is 0.561 bits per heavy atom. The maximum absolute atomic E-state index is 13.0. The van der Waals surface area contributed by atoms with Crippen molar-refractivity contribution in [1.29, 1.82) is 0 Å². The molecule has 3 rings (SSSR count). The number of carbonyl (C=O) groups excluding carboxylic acids is 1. The first-order chi connectivity index (χ1) is 31.8. The van der Waals surface area contributed by atoms with Crippen LogP contribution in [0.1, 0.15) is 84.5 Å². The van der Waals surface area contributed by atoms with Crippen molar-refractivity contribution in [3.63, 3.8) is 0 Å². The number of hydrogen-bond acceptors (Lipinski definition) is 18. The van der Waals surface area contributed by atoms with Gasteiger partial charge in [0.15, 0.2) is 18.9 Å². The summed E-state index contributed by atoms with van der Waals surface area (Å²) in [5, 5.41) is 119. The average molecular weight is 944 g/mol. The quantitative estimate of drug-likeness (QED) is 0.0346. The van der Waals surface area contributed by atoms with Crippen molar-refractivity contribution in [3.05, 3.63) is 72.9 Å². The summed E-state index contributed by atoms with van der Waals surface area (Å²) in [7, 11) is 0. The molecule has 0 bridgehead atoms. The van der Waals surface area contributed by atoms with Gasteiger partial charge in [-0.2, -0.15) is 0 Å². The van der Waals surface area contributed by atoms with E-state index in [4.69, 9.17) is 28.4 Å². The number of rotatable bonds is 29. The molecule has 19 nitrogen and oxygen atoms in total. The van der Waals surface area contributed by atoms with Crippen LogP contribution in [0.15, 0.2) is 72.9 Å². The fraction of sp³-hybridized carbons (Fsp3) is 0.723. The van der Waals surface area contributed by atoms with E-state index in [0.29, 0.717) is 19.3 Å². The minimum atomic E-state index is -1.98. The first-order valence-electron chi connectivity index (χ1n) is 23.2. The van der Waals surface area contributed by atoms with Gasteiger partial charge < -0.3 is 89.9 Å². The minimum Gasteiger partial charge on any atom is -0.394 e. The average Bonchev–Trinajstić information content (AvgIpc) is 3.31. The molecule has 0 aromatic rings. The van der Waals surface area contributed by atoms with Crippen LogP contribution in [0.25, 0.3) is 0 Å². The van der Waals surface area contributed by atoms with Gasteiger partial charge in [0.1, 0.15) is 73.2 Å². The van der Waals surface area contributed by atoms with Crippen LogP contribution >= 0.6 is 0 Å². The van der Waals surface area contributed by atoms with E-state index in [1.165, 1.54) is 6.08 Å². The van der Waals surface area contributed by atoms with E-state index in [2.05, 4.69) is 60.8 Å². The number of unbranched alkanes of at least 4 members (excludes halogenated alkanes) is 3. The van der Waals surface area contributed by atoms with Crippen LogP contribution in [0.3, 0.4) is 0 Å². The smallest absolute Gasteiger partial charge is 0.220 e. The third kappa shape index (κ3) is 18.6. The van der Waals surface area contributed by atoms with Crippen molar-refractivity contribution in [1.82, 2.24) is 5.32 Å². The zero-order valence-corrected chi connectivity index (χ0v) is 38.1. The van der Waals surface area contributed by atoms with Gasteiger partial charge >= 0.3 is 0 Å². The number of carbonyl (C=O) groups is 1. The van der Waals surface area contributed by atoms with E-state index in [1.54, 1.807) is 6.08 Å². The molecule has 66 heavy (non-hydrogen) atoms. The van der Waals surface area contributed by atoms with E-state index in [1.807, 2.05) is 19.1 Å². The van der Waals surface area contributed by atoms with Crippen LogP contribution in [0.2, 0.25) is 0 Å². The normalized spacial score (nSPS) is 34.5. The second-order valence-electron chi connectivity index (χ2n) is 16.5. The fourth-order valence-electron chi connectivity index (χ4n) is 7.32. The molecule has 0 radical (unpaired) electrons. The standard InChI is InChI=1S/C47H77NO18/c1-3-5-7-9-10-11-12-13-14-15-16-17-18-19-20-21-23-25-35(53)48-30(31(52)24-22-8-6-4-2)29-61-45-41(59)38(56)43(33(27-50)63-45)66-47-42(60)39(57)44(34(28-51)64-47)65-46-40(58)37(55)36(54)32(26-49)62-46/h5,7,10-11,13-14,16-17,19-20,22,24,30-34,36-47,49-52,54-60H,3-4,6,8-9,12,15,18,21,23,25-29H2,1-2H3,(H,48,53)/b7-5-,11-10-,14-13-,17-16-,20-19-,24-22+. The maximum atomic E-state index is 13.0. The molecule has 17 unspecified atom stereocenters. The van der Waals surface area contributed by atoms with Gasteiger partial charge in [0.25, 0.3) is 0 Å². The highest BCUT2D eigenvalue weighted by molar-refractivity contribution is 5.76. The van der Waals surface area contributed by atoms with E-state index in [0.717, 1.165) is 44.9 Å². The summed E-state index contributed by atoms with van der Waals surface area (Å²) in [5.74, 6) is -0.348. The number of allylic oxidation sites excluding steroid dienone is 11. The summed E-state index contributed by atoms with van der Waals surface area (Å²) in [4.78, 5) is 13.0. The Bertz CT molecular complexity index is 1500. The highest BCUT2D eigenvalue weighted by atomic mass is 16.8. The summed E-state index contributed by atoms with van der Waals surface area (Å²) in [6.45, 7) is 1.31. The first-order valence-corrected chi connectivity index (χ1v) is 23.2. The molecule has 0 aliphatic carbocycles. The molecule has 0 spiro atoms. The van der Waals surface area contributed by atoms with Crippen molar-refractivity contribution in [3.8, 4) is 0 Å². The molecule has 0 saturated carbocycles. The van der Waals surface area contributed by atoms with Crippen LogP contribution in [0.5, 0.6) is 0 Å². The summed E-state index contributed by atoms with van der Waals surface area (Å²) in [6, 6.07) is -1.00. The largest absolute Gasteiger partial charge is 0.394 e. The third-order valence-corrected chi connectivity index (χ3v) is 11.3. The lowest BCUT2D eigenvalue weighted by atomic mass is 9.96. The lowest BCUT2D eigenvalue weighted by molar-refractivity contribution is -0.379. The zero-order chi connectivity index (χ0) is 48.4. The molecule has 1 amide bonds. The molecule has 378 valence electrons. The second kappa shape index (κ2) is 32.1. The molecule has 17 atom stereocenters. The zero-order valence-electron chi connectivity index (χ0n) is 38.1. The Morgan fingerprint density at radius 2 is 1.02 bits per heavy atom. The van der Waals surface area contributed by atoms with Gasteiger partial charge in [-0.3, -0.25) is 4.79 Å². The lowest BCUT2D eigenvalue weighted by Crippen LogP contribution is -2.66. The molecule has 12 N–H and O–H groups in total. The molecular weight excluding hydrogens is 867 g/mol. The molecule has 3 aliphatic heterocycles. The molecule has 3 heterocycles. The van der Waals surface area contributed by atoms with Gasteiger partial charge in [0.05, 0.1) is 38.6 Å². The molecule has 0 aromatic heterocycles. The Hall–Kier alpha value is -2.77. The molecule has 3 saturated heterocycles.